The molecule has 0 unspecified atom stereocenters. The molecule has 0 spiro atoms. The second kappa shape index (κ2) is 10.9. The molecule has 26 heavy (non-hydrogen) atoms. The Bertz CT molecular complexity index is 739. The topological polar surface area (TPSA) is 58.6 Å². The van der Waals surface area contributed by atoms with Crippen molar-refractivity contribution in [3.05, 3.63) is 64.7 Å². The molecule has 0 radical (unpaired) electrons. The zero-order chi connectivity index (χ0) is 18.2. The molecule has 0 aliphatic carbocycles. The Morgan fingerprint density at radius 3 is 2.50 bits per heavy atom. The summed E-state index contributed by atoms with van der Waals surface area (Å²) in [6.07, 6.45) is 0. The Balaban J connectivity index is 0.00000338. The number of hydrogen-bond acceptors (Lipinski definition) is 4. The molecule has 0 saturated heterocycles. The number of halogens is 2. The number of benzene rings is 2. The molecule has 0 aliphatic heterocycles. The summed E-state index contributed by atoms with van der Waals surface area (Å²) in [7, 11) is 3.25. The standard InChI is InChI=1S/C19H21ClN2O3.ClH/c1-22(18(23)13-21-10-11-25-2)17-9-8-15(20)12-16(17)19(24)14-6-4-3-5-7-14;/h3-9,12,21H,10-11,13H2,1-2H3;1H. The van der Waals surface area contributed by atoms with Crippen molar-refractivity contribution in [1.82, 2.24) is 5.32 Å². The van der Waals surface area contributed by atoms with Crippen molar-refractivity contribution in [2.75, 3.05) is 38.8 Å². The van der Waals surface area contributed by atoms with Crippen molar-refractivity contribution in [2.45, 2.75) is 0 Å². The van der Waals surface area contributed by atoms with Gasteiger partial charge in [-0.05, 0) is 18.2 Å². The third-order valence-corrected chi connectivity index (χ3v) is 3.97. The van der Waals surface area contributed by atoms with E-state index in [0.29, 0.717) is 35.0 Å². The molecular weight excluding hydrogens is 375 g/mol. The van der Waals surface area contributed by atoms with E-state index in [1.165, 1.54) is 4.90 Å². The predicted molar refractivity (Wildman–Crippen MR) is 107 cm³/mol. The van der Waals surface area contributed by atoms with Crippen molar-refractivity contribution in [1.29, 1.82) is 0 Å². The van der Waals surface area contributed by atoms with Gasteiger partial charge in [0.25, 0.3) is 0 Å². The van der Waals surface area contributed by atoms with E-state index in [2.05, 4.69) is 5.32 Å². The number of nitrogens with one attached hydrogen (secondary N) is 1. The van der Waals surface area contributed by atoms with Crippen LogP contribution in [0.5, 0.6) is 0 Å². The van der Waals surface area contributed by atoms with Crippen LogP contribution in [0.4, 0.5) is 5.69 Å². The molecule has 0 aromatic heterocycles. The molecule has 1 amide bonds. The minimum Gasteiger partial charge on any atom is -0.383 e. The molecule has 0 fully saturated rings. The molecule has 7 heteroatoms. The van der Waals surface area contributed by atoms with Gasteiger partial charge in [-0.15, -0.1) is 12.4 Å². The number of amides is 1. The Morgan fingerprint density at radius 1 is 1.15 bits per heavy atom. The van der Waals surface area contributed by atoms with Gasteiger partial charge in [0, 0.05) is 36.9 Å². The predicted octanol–water partition coefficient (Wildman–Crippen LogP) is 3.19. The summed E-state index contributed by atoms with van der Waals surface area (Å²) in [5.41, 5.74) is 1.47. The third kappa shape index (κ3) is 5.81. The van der Waals surface area contributed by atoms with Crippen molar-refractivity contribution < 1.29 is 14.3 Å². The highest BCUT2D eigenvalue weighted by molar-refractivity contribution is 6.31. The number of hydrogen-bond donors (Lipinski definition) is 1. The summed E-state index contributed by atoms with van der Waals surface area (Å²) >= 11 is 6.07. The van der Waals surface area contributed by atoms with Gasteiger partial charge in [-0.3, -0.25) is 9.59 Å². The van der Waals surface area contributed by atoms with Crippen LogP contribution in [0.2, 0.25) is 5.02 Å². The lowest BCUT2D eigenvalue weighted by molar-refractivity contribution is -0.117. The first-order valence-corrected chi connectivity index (χ1v) is 8.28. The fourth-order valence-electron chi connectivity index (χ4n) is 2.35. The fourth-order valence-corrected chi connectivity index (χ4v) is 2.52. The van der Waals surface area contributed by atoms with Gasteiger partial charge in [0.1, 0.15) is 0 Å². The van der Waals surface area contributed by atoms with Gasteiger partial charge >= 0.3 is 0 Å². The Hall–Kier alpha value is -1.92. The minimum atomic E-state index is -0.176. The first-order valence-electron chi connectivity index (χ1n) is 7.90. The summed E-state index contributed by atoms with van der Waals surface area (Å²) in [5, 5.41) is 3.45. The fraction of sp³-hybridized carbons (Fsp3) is 0.263. The summed E-state index contributed by atoms with van der Waals surface area (Å²) in [4.78, 5) is 26.7. The number of carbonyl (C=O) groups excluding carboxylic acids is 2. The van der Waals surface area contributed by atoms with E-state index in [1.807, 2.05) is 6.07 Å². The lowest BCUT2D eigenvalue weighted by Crippen LogP contribution is -2.37. The smallest absolute Gasteiger partial charge is 0.240 e. The van der Waals surface area contributed by atoms with Crippen LogP contribution < -0.4 is 10.2 Å². The van der Waals surface area contributed by atoms with Crippen LogP contribution in [-0.2, 0) is 9.53 Å². The van der Waals surface area contributed by atoms with Crippen molar-refractivity contribution in [2.24, 2.45) is 0 Å². The van der Waals surface area contributed by atoms with Crippen molar-refractivity contribution in [3.8, 4) is 0 Å². The normalized spacial score (nSPS) is 10.1. The Labute approximate surface area is 164 Å². The number of methoxy groups -OCH3 is 1. The average molecular weight is 397 g/mol. The maximum atomic E-state index is 12.8. The zero-order valence-corrected chi connectivity index (χ0v) is 16.3. The number of rotatable bonds is 8. The number of ether oxygens (including phenoxy) is 1. The van der Waals surface area contributed by atoms with Gasteiger partial charge in [0.15, 0.2) is 5.78 Å². The van der Waals surface area contributed by atoms with Crippen LogP contribution in [0.3, 0.4) is 0 Å². The van der Waals surface area contributed by atoms with Gasteiger partial charge in [-0.25, -0.2) is 0 Å². The first kappa shape index (κ1) is 22.1. The monoisotopic (exact) mass is 396 g/mol. The molecule has 0 bridgehead atoms. The summed E-state index contributed by atoms with van der Waals surface area (Å²) in [5.74, 6) is -0.328. The molecule has 1 N–H and O–H groups in total. The third-order valence-electron chi connectivity index (χ3n) is 3.73. The second-order valence-electron chi connectivity index (χ2n) is 5.48. The van der Waals surface area contributed by atoms with Crippen LogP contribution in [0.1, 0.15) is 15.9 Å². The van der Waals surface area contributed by atoms with E-state index < -0.39 is 0 Å². The van der Waals surface area contributed by atoms with Gasteiger partial charge in [0.05, 0.1) is 18.8 Å². The van der Waals surface area contributed by atoms with Gasteiger partial charge in [-0.2, -0.15) is 0 Å². The molecule has 2 aromatic rings. The van der Waals surface area contributed by atoms with Crippen LogP contribution in [0, 0.1) is 0 Å². The molecule has 0 saturated carbocycles. The van der Waals surface area contributed by atoms with Crippen LogP contribution in [-0.4, -0.2) is 45.5 Å². The number of likely N-dealkylation sites (N-methyl/N-ethyl adjacent to an activating group) is 1. The molecule has 5 nitrogen and oxygen atoms in total. The van der Waals surface area contributed by atoms with E-state index in [-0.39, 0.29) is 30.6 Å². The number of nitrogens with zero attached hydrogens (tertiary/aromatic N) is 1. The quantitative estimate of drug-likeness (QED) is 0.549. The second-order valence-corrected chi connectivity index (χ2v) is 5.92. The van der Waals surface area contributed by atoms with E-state index in [4.69, 9.17) is 16.3 Å². The summed E-state index contributed by atoms with van der Waals surface area (Å²) in [6.45, 7) is 1.25. The molecule has 2 aromatic carbocycles. The van der Waals surface area contributed by atoms with Crippen molar-refractivity contribution in [3.63, 3.8) is 0 Å². The van der Waals surface area contributed by atoms with Crippen molar-refractivity contribution >= 4 is 41.4 Å². The average Bonchev–Trinajstić information content (AvgIpc) is 2.64. The maximum absolute atomic E-state index is 12.8. The SMILES string of the molecule is COCCNCC(=O)N(C)c1ccc(Cl)cc1C(=O)c1ccccc1.Cl. The maximum Gasteiger partial charge on any atom is 0.240 e. The lowest BCUT2D eigenvalue weighted by Gasteiger charge is -2.21. The van der Waals surface area contributed by atoms with Crippen LogP contribution in [0.25, 0.3) is 0 Å². The molecule has 140 valence electrons. The van der Waals surface area contributed by atoms with Crippen LogP contribution in [0.15, 0.2) is 48.5 Å². The number of ketones is 1. The van der Waals surface area contributed by atoms with E-state index in [9.17, 15) is 9.59 Å². The summed E-state index contributed by atoms with van der Waals surface area (Å²) in [6, 6.07) is 13.9. The number of anilines is 1. The van der Waals surface area contributed by atoms with Gasteiger partial charge in [-0.1, -0.05) is 41.9 Å². The molecule has 0 heterocycles. The summed E-state index contributed by atoms with van der Waals surface area (Å²) < 4.78 is 4.93. The Kier molecular flexibility index (Phi) is 9.30. The Morgan fingerprint density at radius 2 is 1.85 bits per heavy atom. The molecule has 2 rings (SSSR count). The van der Waals surface area contributed by atoms with Gasteiger partial charge < -0.3 is 15.0 Å². The van der Waals surface area contributed by atoms with Crippen LogP contribution >= 0.6 is 24.0 Å². The largest absolute Gasteiger partial charge is 0.383 e. The molecule has 0 atom stereocenters. The van der Waals surface area contributed by atoms with E-state index >= 15 is 0 Å². The van der Waals surface area contributed by atoms with E-state index in [0.717, 1.165) is 0 Å². The molecular formula is C19H22Cl2N2O3. The molecule has 0 aliphatic rings. The first-order chi connectivity index (χ1) is 12.0. The lowest BCUT2D eigenvalue weighted by atomic mass is 10.0. The highest BCUT2D eigenvalue weighted by Gasteiger charge is 2.20. The zero-order valence-electron chi connectivity index (χ0n) is 14.7. The van der Waals surface area contributed by atoms with Gasteiger partial charge in [0.2, 0.25) is 5.91 Å². The van der Waals surface area contributed by atoms with E-state index in [1.54, 1.807) is 56.6 Å². The minimum absolute atomic E-state index is 0. The highest BCUT2D eigenvalue weighted by atomic mass is 35.5. The number of carbonyl (C=O) groups is 2. The highest BCUT2D eigenvalue weighted by Crippen LogP contribution is 2.26.